The van der Waals surface area contributed by atoms with Crippen LogP contribution in [0.3, 0.4) is 0 Å². The first-order chi connectivity index (χ1) is 11.6. The third kappa shape index (κ3) is 3.21. The molecule has 0 aliphatic carbocycles. The molecule has 2 amide bonds. The van der Waals surface area contributed by atoms with E-state index in [1.54, 1.807) is 10.4 Å². The van der Waals surface area contributed by atoms with Gasteiger partial charge in [0, 0.05) is 25.5 Å². The van der Waals surface area contributed by atoms with Gasteiger partial charge in [0.15, 0.2) is 0 Å². The number of hydrogen-bond donors (Lipinski definition) is 1. The number of thiazole rings is 1. The number of anilines is 1. The molecule has 2 aromatic heterocycles. The Kier molecular flexibility index (Phi) is 4.99. The maximum atomic E-state index is 12.7. The summed E-state index contributed by atoms with van der Waals surface area (Å²) in [5.74, 6) is -1.04. The molecule has 1 atom stereocenters. The Hall–Kier alpha value is -2.15. The van der Waals surface area contributed by atoms with E-state index >= 15 is 0 Å². The highest BCUT2D eigenvalue weighted by molar-refractivity contribution is 7.14. The van der Waals surface area contributed by atoms with E-state index in [4.69, 9.17) is 0 Å². The molecule has 0 aromatic carbocycles. The quantitative estimate of drug-likeness (QED) is 0.869. The second kappa shape index (κ2) is 7.17. The normalized spacial score (nSPS) is 17.8. The summed E-state index contributed by atoms with van der Waals surface area (Å²) in [6.07, 6.45) is 5.58. The highest BCUT2D eigenvalue weighted by atomic mass is 32.1. The Morgan fingerprint density at radius 2 is 2.25 bits per heavy atom. The van der Waals surface area contributed by atoms with Gasteiger partial charge >= 0.3 is 11.8 Å². The standard InChI is InChI=1S/C17H22N4O2S/c1-3-12-16(24-11-18-12)19-15(22)17(23)21-10-5-4-7-14(21)13-8-6-9-20(13)2/h6,8-9,11,14H,3-5,7,10H2,1-2H3,(H,19,22)/t14-/m0/s1. The molecule has 24 heavy (non-hydrogen) atoms. The lowest BCUT2D eigenvalue weighted by Crippen LogP contribution is -2.44. The van der Waals surface area contributed by atoms with Gasteiger partial charge in [0.05, 0.1) is 17.2 Å². The van der Waals surface area contributed by atoms with Gasteiger partial charge in [-0.25, -0.2) is 4.98 Å². The minimum Gasteiger partial charge on any atom is -0.353 e. The summed E-state index contributed by atoms with van der Waals surface area (Å²) >= 11 is 1.35. The smallest absolute Gasteiger partial charge is 0.314 e. The maximum Gasteiger partial charge on any atom is 0.314 e. The summed E-state index contributed by atoms with van der Waals surface area (Å²) in [6, 6.07) is 3.95. The van der Waals surface area contributed by atoms with Gasteiger partial charge in [0.25, 0.3) is 0 Å². The predicted octanol–water partition coefficient (Wildman–Crippen LogP) is 2.74. The van der Waals surface area contributed by atoms with Gasteiger partial charge in [0.1, 0.15) is 5.00 Å². The zero-order chi connectivity index (χ0) is 17.1. The van der Waals surface area contributed by atoms with Crippen molar-refractivity contribution >= 4 is 28.2 Å². The summed E-state index contributed by atoms with van der Waals surface area (Å²) in [5, 5.41) is 3.41. The van der Waals surface area contributed by atoms with Gasteiger partial charge in [-0.3, -0.25) is 9.59 Å². The van der Waals surface area contributed by atoms with Crippen LogP contribution in [0.5, 0.6) is 0 Å². The van der Waals surface area contributed by atoms with Crippen LogP contribution < -0.4 is 5.32 Å². The van der Waals surface area contributed by atoms with Crippen LogP contribution in [0.2, 0.25) is 0 Å². The number of piperidine rings is 1. The van der Waals surface area contributed by atoms with Gasteiger partial charge in [-0.15, -0.1) is 11.3 Å². The average molecular weight is 346 g/mol. The molecule has 7 heteroatoms. The van der Waals surface area contributed by atoms with Crippen LogP contribution in [-0.2, 0) is 23.1 Å². The number of carbonyl (C=O) groups excluding carboxylic acids is 2. The molecule has 6 nitrogen and oxygen atoms in total. The molecule has 0 saturated carbocycles. The van der Waals surface area contributed by atoms with Crippen LogP contribution in [0.25, 0.3) is 0 Å². The topological polar surface area (TPSA) is 67.2 Å². The zero-order valence-corrected chi connectivity index (χ0v) is 14.8. The van der Waals surface area contributed by atoms with Gasteiger partial charge in [-0.1, -0.05) is 6.92 Å². The number of carbonyl (C=O) groups is 2. The van der Waals surface area contributed by atoms with Crippen molar-refractivity contribution in [1.29, 1.82) is 0 Å². The summed E-state index contributed by atoms with van der Waals surface area (Å²) in [4.78, 5) is 31.1. The molecule has 3 heterocycles. The Morgan fingerprint density at radius 1 is 1.42 bits per heavy atom. The molecule has 0 bridgehead atoms. The van der Waals surface area contributed by atoms with Crippen LogP contribution in [0.15, 0.2) is 23.8 Å². The van der Waals surface area contributed by atoms with Gasteiger partial charge in [-0.05, 0) is 37.8 Å². The largest absolute Gasteiger partial charge is 0.353 e. The fraction of sp³-hybridized carbons (Fsp3) is 0.471. The Balaban J connectivity index is 1.76. The summed E-state index contributed by atoms with van der Waals surface area (Å²) in [5.41, 5.74) is 3.58. The second-order valence-corrected chi connectivity index (χ2v) is 6.84. The van der Waals surface area contributed by atoms with Crippen molar-refractivity contribution in [2.75, 3.05) is 11.9 Å². The zero-order valence-electron chi connectivity index (χ0n) is 14.0. The molecule has 2 aromatic rings. The molecular formula is C17H22N4O2S. The monoisotopic (exact) mass is 346 g/mol. The molecule has 1 saturated heterocycles. The molecule has 128 valence electrons. The lowest BCUT2D eigenvalue weighted by Gasteiger charge is -2.35. The number of rotatable bonds is 3. The molecule has 3 rings (SSSR count). The summed E-state index contributed by atoms with van der Waals surface area (Å²) in [6.45, 7) is 2.59. The fourth-order valence-electron chi connectivity index (χ4n) is 3.21. The van der Waals surface area contributed by atoms with Crippen molar-refractivity contribution in [2.24, 2.45) is 7.05 Å². The number of aromatic nitrogens is 2. The van der Waals surface area contributed by atoms with Crippen molar-refractivity contribution in [1.82, 2.24) is 14.5 Å². The predicted molar refractivity (Wildman–Crippen MR) is 93.8 cm³/mol. The van der Waals surface area contributed by atoms with Crippen LogP contribution in [-0.4, -0.2) is 32.8 Å². The Morgan fingerprint density at radius 3 is 2.96 bits per heavy atom. The summed E-state index contributed by atoms with van der Waals surface area (Å²) < 4.78 is 2.02. The highest BCUT2D eigenvalue weighted by Crippen LogP contribution is 2.31. The SMILES string of the molecule is CCc1ncsc1NC(=O)C(=O)N1CCCC[C@H]1c1cccn1C. The number of aryl methyl sites for hydroxylation is 2. The van der Waals surface area contributed by atoms with E-state index in [-0.39, 0.29) is 6.04 Å². The van der Waals surface area contributed by atoms with E-state index < -0.39 is 11.8 Å². The van der Waals surface area contributed by atoms with E-state index in [0.717, 1.165) is 37.1 Å². The number of likely N-dealkylation sites (tertiary alicyclic amines) is 1. The number of nitrogens with one attached hydrogen (secondary N) is 1. The van der Waals surface area contributed by atoms with Crippen molar-refractivity contribution < 1.29 is 9.59 Å². The van der Waals surface area contributed by atoms with Crippen molar-refractivity contribution in [3.8, 4) is 0 Å². The van der Waals surface area contributed by atoms with Crippen LogP contribution >= 0.6 is 11.3 Å². The first kappa shape index (κ1) is 16.7. The van der Waals surface area contributed by atoms with Crippen LogP contribution in [0.4, 0.5) is 5.00 Å². The van der Waals surface area contributed by atoms with Crippen molar-refractivity contribution in [3.05, 3.63) is 35.2 Å². The molecular weight excluding hydrogens is 324 g/mol. The lowest BCUT2D eigenvalue weighted by atomic mass is 9.99. The fourth-order valence-corrected chi connectivity index (χ4v) is 3.98. The number of amides is 2. The number of hydrogen-bond acceptors (Lipinski definition) is 4. The molecule has 1 N–H and O–H groups in total. The number of nitrogens with zero attached hydrogens (tertiary/aromatic N) is 3. The minimum atomic E-state index is -0.574. The Labute approximate surface area is 145 Å². The van der Waals surface area contributed by atoms with E-state index in [1.807, 2.05) is 36.9 Å². The molecule has 0 radical (unpaired) electrons. The minimum absolute atomic E-state index is 0.0379. The van der Waals surface area contributed by atoms with E-state index in [2.05, 4.69) is 10.3 Å². The third-order valence-electron chi connectivity index (χ3n) is 4.49. The van der Waals surface area contributed by atoms with E-state index in [0.29, 0.717) is 11.5 Å². The average Bonchev–Trinajstić information content (AvgIpc) is 3.22. The van der Waals surface area contributed by atoms with Gasteiger partial charge < -0.3 is 14.8 Å². The van der Waals surface area contributed by atoms with Crippen LogP contribution in [0.1, 0.15) is 43.6 Å². The highest BCUT2D eigenvalue weighted by Gasteiger charge is 2.33. The van der Waals surface area contributed by atoms with Gasteiger partial charge in [0.2, 0.25) is 0 Å². The molecule has 0 unspecified atom stereocenters. The molecule has 1 aliphatic rings. The maximum absolute atomic E-state index is 12.7. The molecule has 1 fully saturated rings. The summed E-state index contributed by atoms with van der Waals surface area (Å²) in [7, 11) is 1.97. The van der Waals surface area contributed by atoms with Crippen LogP contribution in [0, 0.1) is 0 Å². The first-order valence-corrected chi connectivity index (χ1v) is 9.15. The third-order valence-corrected chi connectivity index (χ3v) is 5.27. The molecule has 1 aliphatic heterocycles. The second-order valence-electron chi connectivity index (χ2n) is 5.99. The van der Waals surface area contributed by atoms with Gasteiger partial charge in [-0.2, -0.15) is 0 Å². The lowest BCUT2D eigenvalue weighted by molar-refractivity contribution is -0.146. The van der Waals surface area contributed by atoms with Crippen molar-refractivity contribution in [2.45, 2.75) is 38.6 Å². The Bertz CT molecular complexity index is 737. The molecule has 0 spiro atoms. The van der Waals surface area contributed by atoms with Crippen molar-refractivity contribution in [3.63, 3.8) is 0 Å². The van der Waals surface area contributed by atoms with E-state index in [1.165, 1.54) is 11.3 Å². The van der Waals surface area contributed by atoms with E-state index in [9.17, 15) is 9.59 Å². The first-order valence-electron chi connectivity index (χ1n) is 8.27.